The summed E-state index contributed by atoms with van der Waals surface area (Å²) in [4.78, 5) is 2.34. The maximum absolute atomic E-state index is 7.17. The van der Waals surface area contributed by atoms with Crippen molar-refractivity contribution in [3.63, 3.8) is 0 Å². The number of rotatable bonds is 5. The van der Waals surface area contributed by atoms with Crippen molar-refractivity contribution in [2.75, 3.05) is 4.90 Å². The molecule has 9 aromatic carbocycles. The Morgan fingerprint density at radius 3 is 1.61 bits per heavy atom. The predicted octanol–water partition coefficient (Wildman–Crippen LogP) is 16.1. The molecule has 0 atom stereocenters. The summed E-state index contributed by atoms with van der Waals surface area (Å²) in [6.45, 7) is 0. The largest absolute Gasteiger partial charge is 0.456 e. The second-order valence-corrected chi connectivity index (χ2v) is 15.1. The van der Waals surface area contributed by atoms with Crippen LogP contribution in [0.5, 0.6) is 0 Å². The highest BCUT2D eigenvalue weighted by atomic mass is 16.3. The number of para-hydroxylation sites is 6. The molecule has 0 saturated carbocycles. The molecular formula is C54H31NO4. The third-order valence-electron chi connectivity index (χ3n) is 11.9. The van der Waals surface area contributed by atoms with E-state index >= 15 is 0 Å². The lowest BCUT2D eigenvalue weighted by Crippen LogP contribution is -2.12. The zero-order valence-electron chi connectivity index (χ0n) is 31.5. The molecule has 276 valence electrons. The number of hydrogen-bond acceptors (Lipinski definition) is 5. The number of benzene rings is 9. The molecule has 0 radical (unpaired) electrons. The van der Waals surface area contributed by atoms with Crippen LogP contribution in [0.1, 0.15) is 0 Å². The lowest BCUT2D eigenvalue weighted by Gasteiger charge is -2.28. The molecule has 5 heteroatoms. The van der Waals surface area contributed by atoms with Gasteiger partial charge in [-0.1, -0.05) is 140 Å². The Morgan fingerprint density at radius 2 is 0.814 bits per heavy atom. The molecule has 0 amide bonds. The fraction of sp³-hybridized carbons (Fsp3) is 0. The van der Waals surface area contributed by atoms with Crippen LogP contribution < -0.4 is 4.90 Å². The van der Waals surface area contributed by atoms with Gasteiger partial charge in [0.1, 0.15) is 39.1 Å². The number of nitrogens with zero attached hydrogens (tertiary/aromatic N) is 1. The second-order valence-electron chi connectivity index (χ2n) is 15.1. The summed E-state index contributed by atoms with van der Waals surface area (Å²) >= 11 is 0. The van der Waals surface area contributed by atoms with Gasteiger partial charge in [0.25, 0.3) is 0 Å². The van der Waals surface area contributed by atoms with E-state index in [0.717, 1.165) is 127 Å². The highest BCUT2D eigenvalue weighted by Crippen LogP contribution is 2.52. The lowest BCUT2D eigenvalue weighted by molar-refractivity contribution is 0.662. The van der Waals surface area contributed by atoms with Gasteiger partial charge in [-0.3, -0.25) is 0 Å². The Kier molecular flexibility index (Phi) is 6.66. The molecule has 0 bridgehead atoms. The first-order valence-electron chi connectivity index (χ1n) is 19.8. The standard InChI is InChI=1S/C54H31NO4/c1-2-15-32(16-3-1)33-17-4-8-24-41(33)55(43-26-13-22-37-35-19-6-10-28-45(35)58-53(37)43)42-25-14-30-47-49(42)40-31-48-50(38-20-7-11-29-46(38)56-48)51(54(40)59-47)39-23-12-21-36-34-18-5-9-27-44(34)57-52(36)39/h1-31H. The molecule has 13 rings (SSSR count). The van der Waals surface area contributed by atoms with Gasteiger partial charge in [-0.05, 0) is 54.1 Å². The monoisotopic (exact) mass is 757 g/mol. The SMILES string of the molecule is c1ccc(-c2ccccc2N(c2cccc3c2oc2ccccc23)c2cccc3oc4c(-c5cccc6c5oc5ccccc56)c5c(cc4c23)oc2ccccc25)cc1. The smallest absolute Gasteiger partial charge is 0.159 e. The van der Waals surface area contributed by atoms with Crippen LogP contribution in [0, 0.1) is 0 Å². The van der Waals surface area contributed by atoms with Gasteiger partial charge >= 0.3 is 0 Å². The molecular weight excluding hydrogens is 727 g/mol. The quantitative estimate of drug-likeness (QED) is 0.175. The maximum atomic E-state index is 7.17. The first kappa shape index (κ1) is 32.1. The third kappa shape index (κ3) is 4.61. The summed E-state index contributed by atoms with van der Waals surface area (Å²) in [5.41, 5.74) is 13.3. The molecule has 5 nitrogen and oxygen atoms in total. The molecule has 0 N–H and O–H groups in total. The molecule has 0 aliphatic carbocycles. The van der Waals surface area contributed by atoms with Crippen molar-refractivity contribution < 1.29 is 17.7 Å². The van der Waals surface area contributed by atoms with Crippen molar-refractivity contribution in [2.24, 2.45) is 0 Å². The van der Waals surface area contributed by atoms with Crippen molar-refractivity contribution in [1.82, 2.24) is 0 Å². The summed E-state index contributed by atoms with van der Waals surface area (Å²) in [6.07, 6.45) is 0. The van der Waals surface area contributed by atoms with Gasteiger partial charge in [0.2, 0.25) is 0 Å². The highest BCUT2D eigenvalue weighted by Gasteiger charge is 2.28. The Morgan fingerprint density at radius 1 is 0.288 bits per heavy atom. The number of fused-ring (bicyclic) bond motifs is 12. The highest BCUT2D eigenvalue weighted by molar-refractivity contribution is 6.28. The van der Waals surface area contributed by atoms with Crippen LogP contribution in [0.2, 0.25) is 0 Å². The van der Waals surface area contributed by atoms with Crippen molar-refractivity contribution in [1.29, 1.82) is 0 Å². The Bertz CT molecular complexity index is 3810. The third-order valence-corrected chi connectivity index (χ3v) is 11.9. The van der Waals surface area contributed by atoms with E-state index in [2.05, 4.69) is 157 Å². The minimum atomic E-state index is 0.756. The van der Waals surface area contributed by atoms with Gasteiger partial charge in [0.15, 0.2) is 5.58 Å². The number of furan rings is 4. The van der Waals surface area contributed by atoms with E-state index in [1.165, 1.54) is 0 Å². The van der Waals surface area contributed by atoms with E-state index in [1.807, 2.05) is 36.4 Å². The zero-order chi connectivity index (χ0) is 38.6. The molecule has 0 saturated heterocycles. The summed E-state index contributed by atoms with van der Waals surface area (Å²) in [6, 6.07) is 65.1. The first-order chi connectivity index (χ1) is 29.3. The minimum absolute atomic E-state index is 0.756. The van der Waals surface area contributed by atoms with Crippen LogP contribution in [-0.4, -0.2) is 0 Å². The van der Waals surface area contributed by atoms with E-state index in [9.17, 15) is 0 Å². The average Bonchev–Trinajstić information content (AvgIpc) is 4.07. The lowest BCUT2D eigenvalue weighted by atomic mass is 9.94. The van der Waals surface area contributed by atoms with Gasteiger partial charge in [0.05, 0.1) is 22.4 Å². The summed E-state index contributed by atoms with van der Waals surface area (Å²) in [5, 5.41) is 8.14. The summed E-state index contributed by atoms with van der Waals surface area (Å²) in [5.74, 6) is 0. The summed E-state index contributed by atoms with van der Waals surface area (Å²) in [7, 11) is 0. The molecule has 0 aliphatic heterocycles. The molecule has 0 spiro atoms. The van der Waals surface area contributed by atoms with Crippen molar-refractivity contribution in [2.45, 2.75) is 0 Å². The second kappa shape index (κ2) is 12.2. The molecule has 59 heavy (non-hydrogen) atoms. The van der Waals surface area contributed by atoms with Crippen molar-refractivity contribution in [3.05, 3.63) is 188 Å². The van der Waals surface area contributed by atoms with Gasteiger partial charge in [-0.15, -0.1) is 0 Å². The first-order valence-corrected chi connectivity index (χ1v) is 19.8. The van der Waals surface area contributed by atoms with Crippen LogP contribution in [-0.2, 0) is 0 Å². The Labute approximate surface area is 336 Å². The molecule has 4 aromatic heterocycles. The van der Waals surface area contributed by atoms with E-state index < -0.39 is 0 Å². The van der Waals surface area contributed by atoms with Crippen LogP contribution in [0.15, 0.2) is 206 Å². The number of hydrogen-bond donors (Lipinski definition) is 0. The van der Waals surface area contributed by atoms with Gasteiger partial charge in [0, 0.05) is 54.4 Å². The average molecular weight is 758 g/mol. The van der Waals surface area contributed by atoms with Crippen LogP contribution in [0.3, 0.4) is 0 Å². The molecule has 0 aliphatic rings. The van der Waals surface area contributed by atoms with E-state index in [4.69, 9.17) is 17.7 Å². The van der Waals surface area contributed by atoms with Gasteiger partial charge in [-0.25, -0.2) is 0 Å². The van der Waals surface area contributed by atoms with Crippen molar-refractivity contribution >= 4 is 105 Å². The zero-order valence-corrected chi connectivity index (χ0v) is 31.5. The van der Waals surface area contributed by atoms with E-state index in [-0.39, 0.29) is 0 Å². The molecule has 0 fully saturated rings. The van der Waals surface area contributed by atoms with Crippen molar-refractivity contribution in [3.8, 4) is 22.3 Å². The Balaban J connectivity index is 1.18. The Hall–Kier alpha value is -8.02. The van der Waals surface area contributed by atoms with Crippen LogP contribution in [0.4, 0.5) is 17.1 Å². The van der Waals surface area contributed by atoms with E-state index in [1.54, 1.807) is 0 Å². The fourth-order valence-corrected chi connectivity index (χ4v) is 9.36. The van der Waals surface area contributed by atoms with Crippen LogP contribution in [0.25, 0.3) is 110 Å². The maximum Gasteiger partial charge on any atom is 0.159 e. The molecule has 4 heterocycles. The normalized spacial score (nSPS) is 12.1. The number of anilines is 3. The summed E-state index contributed by atoms with van der Waals surface area (Å²) < 4.78 is 27.4. The minimum Gasteiger partial charge on any atom is -0.456 e. The molecule has 0 unspecified atom stereocenters. The van der Waals surface area contributed by atoms with Gasteiger partial charge < -0.3 is 22.6 Å². The molecule has 13 aromatic rings. The fourth-order valence-electron chi connectivity index (χ4n) is 9.36. The van der Waals surface area contributed by atoms with E-state index in [0.29, 0.717) is 0 Å². The topological polar surface area (TPSA) is 55.8 Å². The van der Waals surface area contributed by atoms with Gasteiger partial charge in [-0.2, -0.15) is 0 Å². The predicted molar refractivity (Wildman–Crippen MR) is 241 cm³/mol. The van der Waals surface area contributed by atoms with Crippen LogP contribution >= 0.6 is 0 Å².